The summed E-state index contributed by atoms with van der Waals surface area (Å²) >= 11 is 0. The summed E-state index contributed by atoms with van der Waals surface area (Å²) in [4.78, 5) is 25.8. The lowest BCUT2D eigenvalue weighted by Gasteiger charge is -2.33. The van der Waals surface area contributed by atoms with Gasteiger partial charge in [0, 0.05) is 19.8 Å². The first kappa shape index (κ1) is 19.8. The molecule has 0 aliphatic carbocycles. The molecule has 1 rings (SSSR count). The van der Waals surface area contributed by atoms with Crippen molar-refractivity contribution < 1.29 is 19.4 Å². The van der Waals surface area contributed by atoms with E-state index in [0.717, 1.165) is 5.69 Å². The number of nitrogens with zero attached hydrogens (tertiary/aromatic N) is 1. The summed E-state index contributed by atoms with van der Waals surface area (Å²) in [5.41, 5.74) is -0.237. The van der Waals surface area contributed by atoms with Crippen LogP contribution in [0.2, 0.25) is 0 Å². The van der Waals surface area contributed by atoms with Gasteiger partial charge in [0.15, 0.2) is 0 Å². The SMILES string of the molecule is CN(C)c1cccc(C(NC(=O)OC(C)(C)C)C(C)(C)C(=O)O)c1. The molecule has 0 spiro atoms. The minimum Gasteiger partial charge on any atom is -0.481 e. The number of alkyl carbamates (subject to hydrolysis) is 1. The van der Waals surface area contributed by atoms with Gasteiger partial charge in [-0.05, 0) is 52.3 Å². The molecule has 0 aliphatic rings. The third-order valence-electron chi connectivity index (χ3n) is 3.65. The highest BCUT2D eigenvalue weighted by atomic mass is 16.6. The summed E-state index contributed by atoms with van der Waals surface area (Å²) in [5, 5.41) is 12.3. The van der Waals surface area contributed by atoms with Crippen LogP contribution < -0.4 is 10.2 Å². The maximum Gasteiger partial charge on any atom is 0.408 e. The van der Waals surface area contributed by atoms with Crippen LogP contribution in [0.3, 0.4) is 0 Å². The van der Waals surface area contributed by atoms with Gasteiger partial charge in [0.25, 0.3) is 0 Å². The van der Waals surface area contributed by atoms with Gasteiger partial charge in [-0.3, -0.25) is 4.79 Å². The Hall–Kier alpha value is -2.24. The molecule has 134 valence electrons. The lowest BCUT2D eigenvalue weighted by molar-refractivity contribution is -0.148. The average molecular weight is 336 g/mol. The second-order valence-corrected chi connectivity index (χ2v) is 7.60. The van der Waals surface area contributed by atoms with E-state index >= 15 is 0 Å². The van der Waals surface area contributed by atoms with E-state index in [4.69, 9.17) is 4.74 Å². The van der Waals surface area contributed by atoms with Gasteiger partial charge in [0.05, 0.1) is 11.5 Å². The fourth-order valence-corrected chi connectivity index (χ4v) is 2.21. The number of amides is 1. The van der Waals surface area contributed by atoms with Crippen molar-refractivity contribution in [3.05, 3.63) is 29.8 Å². The molecule has 0 aliphatic heterocycles. The first-order chi connectivity index (χ1) is 10.8. The van der Waals surface area contributed by atoms with Gasteiger partial charge in [0.2, 0.25) is 0 Å². The molecule has 6 nitrogen and oxygen atoms in total. The zero-order valence-electron chi connectivity index (χ0n) is 15.5. The van der Waals surface area contributed by atoms with E-state index in [2.05, 4.69) is 5.32 Å². The van der Waals surface area contributed by atoms with Gasteiger partial charge < -0.3 is 20.1 Å². The predicted molar refractivity (Wildman–Crippen MR) is 94.3 cm³/mol. The molecule has 6 heteroatoms. The standard InChI is InChI=1S/C18H28N2O4/c1-17(2,3)24-16(23)19-14(18(4,5)15(21)22)12-9-8-10-13(11-12)20(6)7/h8-11,14H,1-7H3,(H,19,23)(H,21,22). The Balaban J connectivity index is 3.22. The third-order valence-corrected chi connectivity index (χ3v) is 3.65. The average Bonchev–Trinajstić information content (AvgIpc) is 2.42. The summed E-state index contributed by atoms with van der Waals surface area (Å²) in [6.07, 6.45) is -0.642. The number of rotatable bonds is 5. The van der Waals surface area contributed by atoms with E-state index in [1.165, 1.54) is 0 Å². The Morgan fingerprint density at radius 3 is 2.21 bits per heavy atom. The Morgan fingerprint density at radius 2 is 1.75 bits per heavy atom. The molecule has 0 bridgehead atoms. The van der Waals surface area contributed by atoms with Crippen LogP contribution in [0.1, 0.15) is 46.2 Å². The number of carbonyl (C=O) groups is 2. The van der Waals surface area contributed by atoms with E-state index in [0.29, 0.717) is 5.56 Å². The number of carboxylic acid groups (broad SMARTS) is 1. The number of hydrogen-bond donors (Lipinski definition) is 2. The lowest BCUT2D eigenvalue weighted by Crippen LogP contribution is -2.44. The molecule has 0 saturated heterocycles. The second kappa shape index (κ2) is 7.11. The molecule has 1 unspecified atom stereocenters. The van der Waals surface area contributed by atoms with Crippen molar-refractivity contribution >= 4 is 17.7 Å². The van der Waals surface area contributed by atoms with E-state index in [9.17, 15) is 14.7 Å². The monoisotopic (exact) mass is 336 g/mol. The van der Waals surface area contributed by atoms with Crippen LogP contribution in [0.5, 0.6) is 0 Å². The van der Waals surface area contributed by atoms with Gasteiger partial charge in [-0.15, -0.1) is 0 Å². The third kappa shape index (κ3) is 5.15. The Kier molecular flexibility index (Phi) is 5.87. The first-order valence-electron chi connectivity index (χ1n) is 7.85. The number of nitrogens with one attached hydrogen (secondary N) is 1. The number of hydrogen-bond acceptors (Lipinski definition) is 4. The van der Waals surface area contributed by atoms with Crippen molar-refractivity contribution in [2.75, 3.05) is 19.0 Å². The maximum atomic E-state index is 12.2. The van der Waals surface area contributed by atoms with Crippen LogP contribution in [-0.2, 0) is 9.53 Å². The van der Waals surface area contributed by atoms with Gasteiger partial charge in [0.1, 0.15) is 5.60 Å². The van der Waals surface area contributed by atoms with Crippen molar-refractivity contribution in [1.82, 2.24) is 5.32 Å². The maximum absolute atomic E-state index is 12.2. The second-order valence-electron chi connectivity index (χ2n) is 7.60. The number of carbonyl (C=O) groups excluding carboxylic acids is 1. The minimum absolute atomic E-state index is 0.642. The van der Waals surface area contributed by atoms with Crippen molar-refractivity contribution in [2.45, 2.75) is 46.3 Å². The number of ether oxygens (including phenoxy) is 1. The van der Waals surface area contributed by atoms with Gasteiger partial charge >= 0.3 is 12.1 Å². The van der Waals surface area contributed by atoms with E-state index in [1.807, 2.05) is 37.2 Å². The molecule has 0 heterocycles. The molecule has 1 aromatic rings. The van der Waals surface area contributed by atoms with Crippen molar-refractivity contribution in [2.24, 2.45) is 5.41 Å². The van der Waals surface area contributed by atoms with Gasteiger partial charge in [-0.25, -0.2) is 4.79 Å². The van der Waals surface area contributed by atoms with E-state index < -0.39 is 29.1 Å². The normalized spacial score (nSPS) is 13.1. The first-order valence-corrected chi connectivity index (χ1v) is 7.85. The molecule has 1 aromatic carbocycles. The molecule has 1 amide bonds. The fraction of sp³-hybridized carbons (Fsp3) is 0.556. The molecular weight excluding hydrogens is 308 g/mol. The zero-order chi connectivity index (χ0) is 18.7. The number of carboxylic acids is 1. The molecule has 0 radical (unpaired) electrons. The highest BCUT2D eigenvalue weighted by Crippen LogP contribution is 2.35. The number of anilines is 1. The van der Waals surface area contributed by atoms with Crippen LogP contribution in [0.15, 0.2) is 24.3 Å². The smallest absolute Gasteiger partial charge is 0.408 e. The van der Waals surface area contributed by atoms with Crippen molar-refractivity contribution in [3.8, 4) is 0 Å². The molecular formula is C18H28N2O4. The largest absolute Gasteiger partial charge is 0.481 e. The van der Waals surface area contributed by atoms with Crippen LogP contribution in [0, 0.1) is 5.41 Å². The topological polar surface area (TPSA) is 78.9 Å². The van der Waals surface area contributed by atoms with E-state index in [1.54, 1.807) is 40.7 Å². The van der Waals surface area contributed by atoms with E-state index in [-0.39, 0.29) is 0 Å². The van der Waals surface area contributed by atoms with Crippen LogP contribution >= 0.6 is 0 Å². The summed E-state index contributed by atoms with van der Waals surface area (Å²) in [6, 6.07) is 6.70. The van der Waals surface area contributed by atoms with Gasteiger partial charge in [-0.2, -0.15) is 0 Å². The summed E-state index contributed by atoms with van der Waals surface area (Å²) in [5.74, 6) is -1.00. The van der Waals surface area contributed by atoms with Crippen molar-refractivity contribution in [1.29, 1.82) is 0 Å². The highest BCUT2D eigenvalue weighted by molar-refractivity contribution is 5.77. The fourth-order valence-electron chi connectivity index (χ4n) is 2.21. The number of aliphatic carboxylic acids is 1. The molecule has 0 fully saturated rings. The van der Waals surface area contributed by atoms with Crippen LogP contribution in [0.4, 0.5) is 10.5 Å². The van der Waals surface area contributed by atoms with Crippen LogP contribution in [-0.4, -0.2) is 36.9 Å². The Morgan fingerprint density at radius 1 is 1.17 bits per heavy atom. The molecule has 1 atom stereocenters. The Labute approximate surface area is 143 Å². The molecule has 24 heavy (non-hydrogen) atoms. The number of benzene rings is 1. The summed E-state index contributed by atoms with van der Waals surface area (Å²) < 4.78 is 5.29. The van der Waals surface area contributed by atoms with Crippen molar-refractivity contribution in [3.63, 3.8) is 0 Å². The molecule has 2 N–H and O–H groups in total. The lowest BCUT2D eigenvalue weighted by atomic mass is 9.80. The quantitative estimate of drug-likeness (QED) is 0.861. The Bertz CT molecular complexity index is 603. The highest BCUT2D eigenvalue weighted by Gasteiger charge is 2.40. The minimum atomic E-state index is -1.21. The molecule has 0 saturated carbocycles. The summed E-state index contributed by atoms with van der Waals surface area (Å²) in [7, 11) is 3.80. The summed E-state index contributed by atoms with van der Waals surface area (Å²) in [6.45, 7) is 8.45. The molecule has 0 aromatic heterocycles. The zero-order valence-corrected chi connectivity index (χ0v) is 15.5. The predicted octanol–water partition coefficient (Wildman–Crippen LogP) is 3.43. The van der Waals surface area contributed by atoms with Gasteiger partial charge in [-0.1, -0.05) is 12.1 Å². The van der Waals surface area contributed by atoms with Crippen LogP contribution in [0.25, 0.3) is 0 Å².